The van der Waals surface area contributed by atoms with Crippen molar-refractivity contribution in [2.75, 3.05) is 13.1 Å². The molecule has 0 bridgehead atoms. The van der Waals surface area contributed by atoms with Crippen molar-refractivity contribution < 1.29 is 34.2 Å². The molecule has 0 aliphatic rings. The zero-order valence-electron chi connectivity index (χ0n) is 24.4. The van der Waals surface area contributed by atoms with E-state index in [1.807, 2.05) is 24.3 Å². The minimum atomic E-state index is -1.35. The Hall–Kier alpha value is -4.70. The van der Waals surface area contributed by atoms with Crippen LogP contribution < -0.4 is 38.5 Å². The second-order valence-corrected chi connectivity index (χ2v) is 10.4. The highest BCUT2D eigenvalue weighted by atomic mass is 16.4. The minimum absolute atomic E-state index is 0.0205. The highest BCUT2D eigenvalue weighted by Crippen LogP contribution is 2.19. The summed E-state index contributed by atoms with van der Waals surface area (Å²) in [7, 11) is 0. The third-order valence-electron chi connectivity index (χ3n) is 6.91. The summed E-state index contributed by atoms with van der Waals surface area (Å²) in [6, 6.07) is 2.56. The Kier molecular flexibility index (Phi) is 14.6. The Morgan fingerprint density at radius 1 is 0.864 bits per heavy atom. The highest BCUT2D eigenvalue weighted by Gasteiger charge is 2.30. The van der Waals surface area contributed by atoms with Crippen molar-refractivity contribution in [2.24, 2.45) is 17.2 Å². The quantitative estimate of drug-likeness (QED) is 0.0478. The zero-order valence-corrected chi connectivity index (χ0v) is 24.4. The molecular weight excluding hydrogens is 574 g/mol. The van der Waals surface area contributed by atoms with Crippen molar-refractivity contribution in [3.8, 4) is 0 Å². The van der Waals surface area contributed by atoms with Gasteiger partial charge in [0.2, 0.25) is 17.7 Å². The van der Waals surface area contributed by atoms with Gasteiger partial charge in [0.15, 0.2) is 5.96 Å². The summed E-state index contributed by atoms with van der Waals surface area (Å²) in [6.07, 6.45) is 2.53. The number of unbranched alkanes of at least 4 members (excludes halogenated alkanes) is 1. The lowest BCUT2D eigenvalue weighted by Crippen LogP contribution is -2.57. The lowest BCUT2D eigenvalue weighted by atomic mass is 10.0. The molecule has 1 heterocycles. The van der Waals surface area contributed by atoms with Crippen LogP contribution in [0.1, 0.15) is 50.5 Å². The number of aromatic amines is 1. The van der Waals surface area contributed by atoms with Gasteiger partial charge in [-0.25, -0.2) is 4.79 Å². The number of carbonyl (C=O) groups is 5. The number of amides is 3. The molecule has 0 fully saturated rings. The lowest BCUT2D eigenvalue weighted by molar-refractivity contribution is -0.142. The number of aromatic nitrogens is 1. The van der Waals surface area contributed by atoms with Crippen LogP contribution >= 0.6 is 0 Å². The highest BCUT2D eigenvalue weighted by molar-refractivity contribution is 5.94. The summed E-state index contributed by atoms with van der Waals surface area (Å²) < 4.78 is 0. The van der Waals surface area contributed by atoms with Crippen molar-refractivity contribution in [3.05, 3.63) is 36.0 Å². The molecule has 242 valence electrons. The topological polar surface area (TPSA) is 292 Å². The predicted octanol–water partition coefficient (Wildman–Crippen LogP) is -1.17. The molecule has 2 aromatic rings. The average Bonchev–Trinajstić information content (AvgIpc) is 3.38. The van der Waals surface area contributed by atoms with Crippen LogP contribution in [0.4, 0.5) is 0 Å². The van der Waals surface area contributed by atoms with Crippen LogP contribution in [0.3, 0.4) is 0 Å². The number of carbonyl (C=O) groups excluding carboxylic acids is 3. The first-order chi connectivity index (χ1) is 20.9. The van der Waals surface area contributed by atoms with E-state index in [0.29, 0.717) is 19.4 Å². The molecule has 0 saturated carbocycles. The molecule has 16 nitrogen and oxygen atoms in total. The summed E-state index contributed by atoms with van der Waals surface area (Å²) in [5.41, 5.74) is 18.6. The smallest absolute Gasteiger partial charge is 0.326 e. The van der Waals surface area contributed by atoms with Crippen LogP contribution in [0.25, 0.3) is 10.9 Å². The first-order valence-corrected chi connectivity index (χ1v) is 14.4. The molecule has 0 spiro atoms. The molecule has 1 aromatic carbocycles. The van der Waals surface area contributed by atoms with Gasteiger partial charge < -0.3 is 53.7 Å². The van der Waals surface area contributed by atoms with Crippen molar-refractivity contribution in [1.82, 2.24) is 26.3 Å². The summed E-state index contributed by atoms with van der Waals surface area (Å²) in [5, 5.41) is 37.0. The largest absolute Gasteiger partial charge is 0.481 e. The average molecular weight is 618 g/mol. The van der Waals surface area contributed by atoms with Gasteiger partial charge in [0.1, 0.15) is 18.1 Å². The number of carboxylic acid groups (broad SMARTS) is 2. The third kappa shape index (κ3) is 11.9. The molecule has 1 aromatic heterocycles. The number of rotatable bonds is 20. The fourth-order valence-electron chi connectivity index (χ4n) is 4.54. The Morgan fingerprint density at radius 2 is 1.48 bits per heavy atom. The van der Waals surface area contributed by atoms with Crippen LogP contribution in [-0.4, -0.2) is 88.1 Å². The first kappa shape index (κ1) is 35.5. The number of benzene rings is 1. The van der Waals surface area contributed by atoms with Gasteiger partial charge in [-0.2, -0.15) is 0 Å². The number of aliphatic carboxylic acids is 2. The van der Waals surface area contributed by atoms with E-state index in [1.54, 1.807) is 6.20 Å². The SMILES string of the molecule is N=C(N)NCCC[C@H](NC(=O)[C@H](CCC(=O)O)NC(=O)[C@@H](N)Cc1c[nH]c2ccccc12)C(=O)N[C@@H](CCCCN)C(=O)O. The molecule has 3 amide bonds. The number of para-hydroxylation sites is 1. The number of hydrogen-bond acceptors (Lipinski definition) is 8. The van der Waals surface area contributed by atoms with Crippen LogP contribution in [0.15, 0.2) is 30.5 Å². The minimum Gasteiger partial charge on any atom is -0.481 e. The Balaban J connectivity index is 2.16. The zero-order chi connectivity index (χ0) is 32.6. The number of fused-ring (bicyclic) bond motifs is 1. The molecule has 0 aliphatic heterocycles. The van der Waals surface area contributed by atoms with Crippen LogP contribution in [0.5, 0.6) is 0 Å². The van der Waals surface area contributed by atoms with E-state index in [0.717, 1.165) is 16.5 Å². The summed E-state index contributed by atoms with van der Waals surface area (Å²) >= 11 is 0. The van der Waals surface area contributed by atoms with Crippen LogP contribution in [0.2, 0.25) is 0 Å². The van der Waals surface area contributed by atoms with Crippen LogP contribution in [0, 0.1) is 5.41 Å². The monoisotopic (exact) mass is 617 g/mol. The Bertz CT molecular complexity index is 1300. The molecule has 44 heavy (non-hydrogen) atoms. The number of H-pyrrole nitrogens is 1. The Labute approximate surface area is 254 Å². The normalized spacial score (nSPS) is 13.7. The molecule has 0 aliphatic carbocycles. The predicted molar refractivity (Wildman–Crippen MR) is 162 cm³/mol. The van der Waals surface area contributed by atoms with Crippen LogP contribution in [-0.2, 0) is 30.4 Å². The number of hydrogen-bond donors (Lipinski definition) is 11. The van der Waals surface area contributed by atoms with Gasteiger partial charge in [0, 0.05) is 30.1 Å². The van der Waals surface area contributed by atoms with Gasteiger partial charge in [-0.15, -0.1) is 0 Å². The molecule has 2 rings (SSSR count). The third-order valence-corrected chi connectivity index (χ3v) is 6.91. The van der Waals surface area contributed by atoms with Crippen molar-refractivity contribution in [2.45, 2.75) is 75.5 Å². The van der Waals surface area contributed by atoms with E-state index < -0.39 is 60.2 Å². The van der Waals surface area contributed by atoms with E-state index in [1.165, 1.54) is 0 Å². The molecule has 16 heteroatoms. The van der Waals surface area contributed by atoms with E-state index in [9.17, 15) is 34.2 Å². The van der Waals surface area contributed by atoms with Gasteiger partial charge in [-0.1, -0.05) is 18.2 Å². The fourth-order valence-corrected chi connectivity index (χ4v) is 4.54. The molecular formula is C28H43N9O7. The molecule has 14 N–H and O–H groups in total. The number of nitrogens with two attached hydrogens (primary N) is 3. The van der Waals surface area contributed by atoms with Gasteiger partial charge in [-0.3, -0.25) is 24.6 Å². The maximum atomic E-state index is 13.3. The standard InChI is InChI=1S/C28H43N9O7/c29-12-4-3-8-22(27(43)44)37-25(41)20(9-5-13-33-28(31)32)36-26(42)21(10-11-23(38)39)35-24(40)18(30)14-16-15-34-19-7-2-1-6-17(16)19/h1-2,6-7,15,18,20-22,34H,3-5,8-14,29-30H2,(H,35,40)(H,36,42)(H,37,41)(H,38,39)(H,43,44)(H4,31,32,33)/t18-,20-,21-,22-/m0/s1. The van der Waals surface area contributed by atoms with Crippen molar-refractivity contribution >= 4 is 46.5 Å². The summed E-state index contributed by atoms with van der Waals surface area (Å²) in [4.78, 5) is 65.7. The van der Waals surface area contributed by atoms with E-state index in [-0.39, 0.29) is 44.6 Å². The summed E-state index contributed by atoms with van der Waals surface area (Å²) in [5.74, 6) is -5.06. The van der Waals surface area contributed by atoms with E-state index in [2.05, 4.69) is 26.3 Å². The fraction of sp³-hybridized carbons (Fsp3) is 0.500. The van der Waals surface area contributed by atoms with Gasteiger partial charge in [-0.05, 0) is 63.1 Å². The van der Waals surface area contributed by atoms with E-state index >= 15 is 0 Å². The van der Waals surface area contributed by atoms with E-state index in [4.69, 9.17) is 22.6 Å². The number of guanidine groups is 1. The summed E-state index contributed by atoms with van der Waals surface area (Å²) in [6.45, 7) is 0.548. The molecule has 0 unspecified atom stereocenters. The molecule has 4 atom stereocenters. The second kappa shape index (κ2) is 18.1. The Morgan fingerprint density at radius 3 is 2.11 bits per heavy atom. The van der Waals surface area contributed by atoms with Crippen molar-refractivity contribution in [3.63, 3.8) is 0 Å². The lowest BCUT2D eigenvalue weighted by Gasteiger charge is -2.25. The number of nitrogens with one attached hydrogen (secondary N) is 6. The molecule has 0 saturated heterocycles. The first-order valence-electron chi connectivity index (χ1n) is 14.4. The van der Waals surface area contributed by atoms with Gasteiger partial charge in [0.25, 0.3) is 0 Å². The molecule has 0 radical (unpaired) electrons. The number of carboxylic acids is 2. The second-order valence-electron chi connectivity index (χ2n) is 10.4. The van der Waals surface area contributed by atoms with Crippen molar-refractivity contribution in [1.29, 1.82) is 5.41 Å². The maximum absolute atomic E-state index is 13.3. The van der Waals surface area contributed by atoms with Gasteiger partial charge >= 0.3 is 11.9 Å². The van der Waals surface area contributed by atoms with Gasteiger partial charge in [0.05, 0.1) is 6.04 Å². The maximum Gasteiger partial charge on any atom is 0.326 e.